The summed E-state index contributed by atoms with van der Waals surface area (Å²) in [6, 6.07) is 21.5. The van der Waals surface area contributed by atoms with E-state index >= 15 is 0 Å². The monoisotopic (exact) mass is 540 g/mol. The summed E-state index contributed by atoms with van der Waals surface area (Å²) >= 11 is 1.32. The number of hydrogen-bond donors (Lipinski definition) is 1. The lowest BCUT2D eigenvalue weighted by Crippen LogP contribution is -2.45. The molecule has 0 radical (unpaired) electrons. The Hall–Kier alpha value is -3.42. The lowest BCUT2D eigenvalue weighted by atomic mass is 9.97. The molecule has 1 N–H and O–H groups in total. The van der Waals surface area contributed by atoms with Crippen molar-refractivity contribution in [1.29, 1.82) is 0 Å². The van der Waals surface area contributed by atoms with E-state index in [-0.39, 0.29) is 6.10 Å². The standard InChI is InChI=1S/C32H32N2O4S/c1-19-4-2-3-5-26(19)30-27(31(38-33-30)21-6-7-21)18-37-25-16-23-12-13-24(17-25)34(23)22-10-8-20(9-11-22)28-14-15-29(39-28)32(35)36/h2-5,8-11,14-15,21,23-25H,6-7,12-13,16-18H2,1H3,(H,35,36)/t23-,24+,25?. The van der Waals surface area contributed by atoms with E-state index in [1.54, 1.807) is 6.07 Å². The Morgan fingerprint density at radius 1 is 1.03 bits per heavy atom. The zero-order chi connectivity index (χ0) is 26.5. The first-order valence-electron chi connectivity index (χ1n) is 13.9. The van der Waals surface area contributed by atoms with Crippen LogP contribution in [0, 0.1) is 6.92 Å². The maximum absolute atomic E-state index is 11.3. The predicted octanol–water partition coefficient (Wildman–Crippen LogP) is 7.67. The highest BCUT2D eigenvalue weighted by molar-refractivity contribution is 7.17. The highest BCUT2D eigenvalue weighted by Crippen LogP contribution is 2.45. The van der Waals surface area contributed by atoms with E-state index in [1.165, 1.54) is 48.3 Å². The summed E-state index contributed by atoms with van der Waals surface area (Å²) in [5.41, 5.74) is 6.72. The maximum Gasteiger partial charge on any atom is 0.345 e. The van der Waals surface area contributed by atoms with Gasteiger partial charge < -0.3 is 19.3 Å². The number of aromatic carboxylic acids is 1. The van der Waals surface area contributed by atoms with Crippen molar-refractivity contribution in [2.75, 3.05) is 4.90 Å². The average molecular weight is 541 g/mol. The number of piperidine rings is 1. The molecule has 200 valence electrons. The molecule has 0 amide bonds. The van der Waals surface area contributed by atoms with Crippen molar-refractivity contribution in [2.24, 2.45) is 0 Å². The second-order valence-electron chi connectivity index (χ2n) is 11.2. The SMILES string of the molecule is Cc1ccccc1-c1noc(C2CC2)c1COC1C[C@H]2CC[C@@H](C1)N2c1ccc(-c2ccc(C(=O)O)s2)cc1. The minimum Gasteiger partial charge on any atom is -0.477 e. The smallest absolute Gasteiger partial charge is 0.345 e. The van der Waals surface area contributed by atoms with Gasteiger partial charge in [-0.15, -0.1) is 11.3 Å². The highest BCUT2D eigenvalue weighted by atomic mass is 32.1. The van der Waals surface area contributed by atoms with Gasteiger partial charge >= 0.3 is 5.97 Å². The number of aromatic nitrogens is 1. The van der Waals surface area contributed by atoms with Crippen LogP contribution in [0.25, 0.3) is 21.7 Å². The Kier molecular flexibility index (Phi) is 6.28. The number of rotatable bonds is 8. The van der Waals surface area contributed by atoms with Crippen LogP contribution in [0.4, 0.5) is 5.69 Å². The van der Waals surface area contributed by atoms with Crippen LogP contribution in [0.1, 0.15) is 71.0 Å². The molecular weight excluding hydrogens is 508 g/mol. The van der Waals surface area contributed by atoms with Gasteiger partial charge in [0.25, 0.3) is 0 Å². The molecule has 1 saturated carbocycles. The number of nitrogens with zero attached hydrogens (tertiary/aromatic N) is 2. The van der Waals surface area contributed by atoms with Crippen molar-refractivity contribution in [3.05, 3.63) is 82.4 Å². The molecule has 7 rings (SSSR count). The van der Waals surface area contributed by atoms with Crippen molar-refractivity contribution >= 4 is 23.0 Å². The number of aryl methyl sites for hydroxylation is 1. The van der Waals surface area contributed by atoms with E-state index in [1.807, 2.05) is 6.07 Å². The summed E-state index contributed by atoms with van der Waals surface area (Å²) < 4.78 is 12.5. The summed E-state index contributed by atoms with van der Waals surface area (Å²) in [5, 5.41) is 13.8. The first-order chi connectivity index (χ1) is 19.0. The van der Waals surface area contributed by atoms with E-state index in [2.05, 4.69) is 65.5 Å². The number of anilines is 1. The number of carboxylic acids is 1. The Bertz CT molecular complexity index is 1490. The number of carbonyl (C=O) groups is 1. The first kappa shape index (κ1) is 24.6. The summed E-state index contributed by atoms with van der Waals surface area (Å²) in [5.74, 6) is 0.637. The lowest BCUT2D eigenvalue weighted by Gasteiger charge is -2.40. The van der Waals surface area contributed by atoms with Crippen LogP contribution in [-0.2, 0) is 11.3 Å². The quantitative estimate of drug-likeness (QED) is 0.247. The molecule has 1 unspecified atom stereocenters. The van der Waals surface area contributed by atoms with Gasteiger partial charge in [0, 0.05) is 39.7 Å². The van der Waals surface area contributed by atoms with Gasteiger partial charge in [-0.25, -0.2) is 4.79 Å². The van der Waals surface area contributed by atoms with E-state index in [0.717, 1.165) is 45.9 Å². The fourth-order valence-corrected chi connectivity index (χ4v) is 7.32. The molecule has 3 fully saturated rings. The molecule has 2 saturated heterocycles. The third-order valence-corrected chi connectivity index (χ3v) is 9.71. The van der Waals surface area contributed by atoms with Gasteiger partial charge in [0.15, 0.2) is 0 Å². The molecule has 3 aliphatic rings. The van der Waals surface area contributed by atoms with Gasteiger partial charge in [0.1, 0.15) is 16.3 Å². The number of hydrogen-bond acceptors (Lipinski definition) is 6. The Morgan fingerprint density at radius 2 is 1.77 bits per heavy atom. The molecule has 0 spiro atoms. The zero-order valence-electron chi connectivity index (χ0n) is 22.0. The molecule has 39 heavy (non-hydrogen) atoms. The van der Waals surface area contributed by atoms with Crippen molar-refractivity contribution in [1.82, 2.24) is 5.16 Å². The highest BCUT2D eigenvalue weighted by Gasteiger charge is 2.41. The van der Waals surface area contributed by atoms with Crippen LogP contribution in [-0.4, -0.2) is 34.4 Å². The minimum atomic E-state index is -0.872. The average Bonchev–Trinajstić information content (AvgIpc) is 3.39. The third-order valence-electron chi connectivity index (χ3n) is 8.59. The number of ether oxygens (including phenoxy) is 1. The van der Waals surface area contributed by atoms with E-state index in [9.17, 15) is 9.90 Å². The van der Waals surface area contributed by atoms with Crippen molar-refractivity contribution in [3.8, 4) is 21.7 Å². The molecular formula is C32H32N2O4S. The second-order valence-corrected chi connectivity index (χ2v) is 12.3. The summed E-state index contributed by atoms with van der Waals surface area (Å²) in [6.45, 7) is 2.68. The molecule has 1 aliphatic carbocycles. The molecule has 2 bridgehead atoms. The topological polar surface area (TPSA) is 75.8 Å². The molecule has 2 aliphatic heterocycles. The molecule has 3 atom stereocenters. The van der Waals surface area contributed by atoms with Gasteiger partial charge in [0.05, 0.1) is 12.7 Å². The lowest BCUT2D eigenvalue weighted by molar-refractivity contribution is 0.0147. The van der Waals surface area contributed by atoms with E-state index in [4.69, 9.17) is 9.26 Å². The fraction of sp³-hybridized carbons (Fsp3) is 0.375. The number of thiophene rings is 1. The summed E-state index contributed by atoms with van der Waals surface area (Å²) in [7, 11) is 0. The van der Waals surface area contributed by atoms with Crippen LogP contribution in [0.15, 0.2) is 65.2 Å². The predicted molar refractivity (Wildman–Crippen MR) is 152 cm³/mol. The van der Waals surface area contributed by atoms with Crippen LogP contribution < -0.4 is 4.90 Å². The summed E-state index contributed by atoms with van der Waals surface area (Å²) in [4.78, 5) is 15.2. The molecule has 2 aromatic heterocycles. The minimum absolute atomic E-state index is 0.227. The van der Waals surface area contributed by atoms with Gasteiger partial charge in [-0.05, 0) is 80.8 Å². The van der Waals surface area contributed by atoms with Crippen LogP contribution in [0.2, 0.25) is 0 Å². The fourth-order valence-electron chi connectivity index (χ4n) is 6.47. The molecule has 4 heterocycles. The van der Waals surface area contributed by atoms with Gasteiger partial charge in [-0.1, -0.05) is 41.6 Å². The maximum atomic E-state index is 11.3. The summed E-state index contributed by atoms with van der Waals surface area (Å²) in [6.07, 6.45) is 6.99. The van der Waals surface area contributed by atoms with Crippen molar-refractivity contribution in [3.63, 3.8) is 0 Å². The Balaban J connectivity index is 1.05. The Morgan fingerprint density at radius 3 is 2.44 bits per heavy atom. The number of carboxylic acid groups (broad SMARTS) is 1. The van der Waals surface area contributed by atoms with Crippen LogP contribution in [0.3, 0.4) is 0 Å². The molecule has 4 aromatic rings. The zero-order valence-corrected chi connectivity index (χ0v) is 22.8. The largest absolute Gasteiger partial charge is 0.477 e. The normalized spacial score (nSPS) is 22.4. The number of benzene rings is 2. The third kappa shape index (κ3) is 4.68. The Labute approximate surface area is 232 Å². The van der Waals surface area contributed by atoms with Crippen molar-refractivity contribution in [2.45, 2.75) is 76.2 Å². The molecule has 6 nitrogen and oxygen atoms in total. The molecule has 7 heteroatoms. The van der Waals surface area contributed by atoms with Crippen LogP contribution in [0.5, 0.6) is 0 Å². The van der Waals surface area contributed by atoms with Crippen molar-refractivity contribution < 1.29 is 19.2 Å². The van der Waals surface area contributed by atoms with E-state index in [0.29, 0.717) is 29.5 Å². The second kappa shape index (κ2) is 9.96. The first-order valence-corrected chi connectivity index (χ1v) is 14.7. The van der Waals surface area contributed by atoms with Gasteiger partial charge in [0.2, 0.25) is 0 Å². The number of fused-ring (bicyclic) bond motifs is 2. The molecule has 2 aromatic carbocycles. The van der Waals surface area contributed by atoms with Gasteiger partial charge in [-0.2, -0.15) is 0 Å². The van der Waals surface area contributed by atoms with Crippen LogP contribution >= 0.6 is 11.3 Å². The van der Waals surface area contributed by atoms with E-state index < -0.39 is 5.97 Å². The van der Waals surface area contributed by atoms with Gasteiger partial charge in [-0.3, -0.25) is 0 Å².